The van der Waals surface area contributed by atoms with Gasteiger partial charge in [-0.25, -0.2) is 4.39 Å². The molecule has 1 aliphatic rings. The zero-order valence-corrected chi connectivity index (χ0v) is 14.4. The van der Waals surface area contributed by atoms with Crippen molar-refractivity contribution in [2.75, 3.05) is 0 Å². The fourth-order valence-electron chi connectivity index (χ4n) is 1.55. The normalized spacial score (nSPS) is 30.6. The second-order valence-corrected chi connectivity index (χ2v) is 7.33. The third-order valence-corrected chi connectivity index (χ3v) is 5.80. The minimum Gasteiger partial charge on any atom is -0.236 e. The van der Waals surface area contributed by atoms with Gasteiger partial charge in [0.15, 0.2) is 9.74 Å². The summed E-state index contributed by atoms with van der Waals surface area (Å²) in [6, 6.07) is 7.37. The maximum Gasteiger partial charge on any atom is 3.00 e. The van der Waals surface area contributed by atoms with Crippen molar-refractivity contribution in [2.45, 2.75) is 21.7 Å². The largest absolute Gasteiger partial charge is 3.00 e. The van der Waals surface area contributed by atoms with E-state index >= 15 is 0 Å². The molecule has 2 rings (SSSR count). The summed E-state index contributed by atoms with van der Waals surface area (Å²) >= 11 is -2.10. The molecule has 2 atom stereocenters. The molecule has 8 heteroatoms. The summed E-state index contributed by atoms with van der Waals surface area (Å²) in [4.78, 5) is 0. The summed E-state index contributed by atoms with van der Waals surface area (Å²) < 4.78 is 77.4. The van der Waals surface area contributed by atoms with Crippen LogP contribution in [0.1, 0.15) is 0 Å². The second-order valence-electron chi connectivity index (χ2n) is 3.97. The van der Waals surface area contributed by atoms with E-state index in [2.05, 4.69) is 0 Å². The molecular weight excluding hydrogens is 507 g/mol. The SMILES string of the molecule is FC1C=CC(F)([I+]c2ccccc2)C(F)(F)C1(F)F.[Sb+3]. The van der Waals surface area contributed by atoms with Crippen molar-refractivity contribution in [3.05, 3.63) is 46.1 Å². The number of alkyl halides is 7. The summed E-state index contributed by atoms with van der Waals surface area (Å²) in [5.74, 6) is -10.1. The van der Waals surface area contributed by atoms with E-state index < -0.39 is 42.9 Å². The fourth-order valence-corrected chi connectivity index (χ4v) is 4.32. The third kappa shape index (κ3) is 2.84. The maximum absolute atomic E-state index is 14.3. The number of benzene rings is 1. The quantitative estimate of drug-likeness (QED) is 0.176. The van der Waals surface area contributed by atoms with Gasteiger partial charge in [0.2, 0.25) is 0 Å². The van der Waals surface area contributed by atoms with Crippen molar-refractivity contribution in [1.82, 2.24) is 0 Å². The van der Waals surface area contributed by atoms with Gasteiger partial charge in [-0.2, -0.15) is 22.0 Å². The Morgan fingerprint density at radius 2 is 1.50 bits per heavy atom. The minimum atomic E-state index is -5.06. The van der Waals surface area contributed by atoms with Crippen LogP contribution in [0.25, 0.3) is 0 Å². The van der Waals surface area contributed by atoms with Crippen LogP contribution in [0.5, 0.6) is 0 Å². The number of hydrogen-bond donors (Lipinski definition) is 0. The summed E-state index contributed by atoms with van der Waals surface area (Å²) in [5, 5.41) is 0. The first kappa shape index (κ1) is 18.1. The van der Waals surface area contributed by atoms with E-state index in [1.165, 1.54) is 24.3 Å². The Balaban J connectivity index is 0.00000200. The fraction of sp³-hybridized carbons (Fsp3) is 0.333. The van der Waals surface area contributed by atoms with Crippen molar-refractivity contribution in [3.63, 3.8) is 0 Å². The van der Waals surface area contributed by atoms with Crippen LogP contribution in [0.2, 0.25) is 0 Å². The average Bonchev–Trinajstić information content (AvgIpc) is 2.35. The molecule has 0 saturated carbocycles. The molecule has 0 amide bonds. The molecule has 0 aliphatic heterocycles. The summed E-state index contributed by atoms with van der Waals surface area (Å²) in [6.07, 6.45) is -2.75. The molecule has 0 bridgehead atoms. The van der Waals surface area contributed by atoms with Crippen LogP contribution in [-0.4, -0.2) is 46.1 Å². The Bertz CT molecular complexity index is 492. The van der Waals surface area contributed by atoms with Gasteiger partial charge in [-0.15, -0.1) is 0 Å². The van der Waals surface area contributed by atoms with Crippen LogP contribution in [0.15, 0.2) is 42.5 Å². The van der Waals surface area contributed by atoms with Gasteiger partial charge in [0.1, 0.15) is 0 Å². The van der Waals surface area contributed by atoms with Crippen LogP contribution in [0.4, 0.5) is 26.3 Å². The van der Waals surface area contributed by atoms with E-state index in [4.69, 9.17) is 0 Å². The summed E-state index contributed by atoms with van der Waals surface area (Å²) in [7, 11) is 0. The van der Waals surface area contributed by atoms with E-state index in [1.54, 1.807) is 6.07 Å². The van der Waals surface area contributed by atoms with Crippen LogP contribution in [-0.2, 0) is 0 Å². The average molecular weight is 515 g/mol. The Morgan fingerprint density at radius 3 is 2.05 bits per heavy atom. The molecule has 2 unspecified atom stereocenters. The van der Waals surface area contributed by atoms with Gasteiger partial charge < -0.3 is 0 Å². The zero-order chi connectivity index (χ0) is 14.3. The van der Waals surface area contributed by atoms with E-state index in [0.29, 0.717) is 0 Å². The molecule has 0 heterocycles. The Kier molecular flexibility index (Phi) is 5.50. The van der Waals surface area contributed by atoms with Crippen LogP contribution in [0, 0.1) is 3.57 Å². The van der Waals surface area contributed by atoms with E-state index in [-0.39, 0.29) is 40.2 Å². The molecule has 1 aromatic rings. The van der Waals surface area contributed by atoms with Crippen molar-refractivity contribution in [1.29, 1.82) is 0 Å². The molecule has 1 aromatic carbocycles. The predicted molar refractivity (Wildman–Crippen MR) is 58.7 cm³/mol. The number of rotatable bonds is 2. The first-order valence-electron chi connectivity index (χ1n) is 5.20. The van der Waals surface area contributed by atoms with Gasteiger partial charge in [0.05, 0.1) is 0 Å². The molecule has 0 saturated heterocycles. The van der Waals surface area contributed by atoms with E-state index in [1.807, 2.05) is 0 Å². The molecule has 2 radical (unpaired) electrons. The van der Waals surface area contributed by atoms with Gasteiger partial charge in [0, 0.05) is 6.08 Å². The van der Waals surface area contributed by atoms with Crippen molar-refractivity contribution in [2.24, 2.45) is 0 Å². The van der Waals surface area contributed by atoms with E-state index in [0.717, 1.165) is 0 Å². The molecule has 20 heavy (non-hydrogen) atoms. The van der Waals surface area contributed by atoms with Crippen molar-refractivity contribution >= 4 is 24.4 Å². The Hall–Kier alpha value is 0.0882. The van der Waals surface area contributed by atoms with E-state index in [9.17, 15) is 26.3 Å². The number of halogens is 7. The molecule has 1 aliphatic carbocycles. The summed E-state index contributed by atoms with van der Waals surface area (Å²) in [5.41, 5.74) is 0. The van der Waals surface area contributed by atoms with Gasteiger partial charge >= 0.3 is 61.2 Å². The third-order valence-electron chi connectivity index (χ3n) is 2.64. The van der Waals surface area contributed by atoms with Gasteiger partial charge in [0.25, 0.3) is 0 Å². The smallest absolute Gasteiger partial charge is 0.236 e. The second kappa shape index (κ2) is 6.07. The standard InChI is InChI=1S/C12H8F6I.Sb/c13-9-6-7-10(14,12(17,18)11(9,15)16)19-8-4-2-1-3-5-8;/h1-7,9H;/q+1;+3. The van der Waals surface area contributed by atoms with Crippen molar-refractivity contribution in [3.8, 4) is 0 Å². The first-order chi connectivity index (χ1) is 8.71. The molecule has 0 N–H and O–H groups in total. The Labute approximate surface area is 139 Å². The molecular formula is C12H8F6ISb+4. The number of allylic oxidation sites excluding steroid dienone is 2. The van der Waals surface area contributed by atoms with Crippen LogP contribution < -0.4 is 21.2 Å². The topological polar surface area (TPSA) is 0 Å². The minimum absolute atomic E-state index is 0. The van der Waals surface area contributed by atoms with Gasteiger partial charge in [-0.1, -0.05) is 18.2 Å². The Morgan fingerprint density at radius 1 is 0.950 bits per heavy atom. The van der Waals surface area contributed by atoms with Crippen molar-refractivity contribution < 1.29 is 47.5 Å². The monoisotopic (exact) mass is 514 g/mol. The molecule has 0 fully saturated rings. The maximum atomic E-state index is 14.3. The molecule has 106 valence electrons. The molecule has 0 nitrogen and oxygen atoms in total. The molecule has 0 aromatic heterocycles. The zero-order valence-electron chi connectivity index (χ0n) is 9.71. The molecule has 0 spiro atoms. The van der Waals surface area contributed by atoms with Crippen LogP contribution >= 0.6 is 0 Å². The van der Waals surface area contributed by atoms with Gasteiger partial charge in [-0.05, 0) is 18.2 Å². The number of hydrogen-bond acceptors (Lipinski definition) is 0. The summed E-state index contributed by atoms with van der Waals surface area (Å²) in [6.45, 7) is 0. The first-order valence-corrected chi connectivity index (χ1v) is 7.35. The van der Waals surface area contributed by atoms with Gasteiger partial charge in [-0.3, -0.25) is 0 Å². The predicted octanol–water partition coefficient (Wildman–Crippen LogP) is 0.409. The van der Waals surface area contributed by atoms with Crippen LogP contribution in [0.3, 0.4) is 0 Å².